The van der Waals surface area contributed by atoms with Crippen LogP contribution in [-0.4, -0.2) is 60.6 Å². The molecular weight excluding hydrogens is 362 g/mol. The van der Waals surface area contributed by atoms with Gasteiger partial charge in [0.25, 0.3) is 11.8 Å². The van der Waals surface area contributed by atoms with Crippen LogP contribution in [0.15, 0.2) is 6.07 Å². The minimum absolute atomic E-state index is 0.275. The van der Waals surface area contributed by atoms with E-state index >= 15 is 4.39 Å². The highest BCUT2D eigenvalue weighted by Crippen LogP contribution is 2.37. The monoisotopic (exact) mass is 386 g/mol. The van der Waals surface area contributed by atoms with Gasteiger partial charge in [0.05, 0.1) is 22.3 Å². The van der Waals surface area contributed by atoms with E-state index in [1.807, 2.05) is 5.32 Å². The molecular formula is C17H16F2N4O4. The number of nitrogens with one attached hydrogen (secondary N) is 2. The summed E-state index contributed by atoms with van der Waals surface area (Å²) < 4.78 is 93.9. The van der Waals surface area contributed by atoms with E-state index in [0.717, 1.165) is 0 Å². The zero-order valence-electron chi connectivity index (χ0n) is 21.4. The van der Waals surface area contributed by atoms with E-state index in [-0.39, 0.29) is 23.8 Å². The van der Waals surface area contributed by atoms with Crippen molar-refractivity contribution in [2.24, 2.45) is 0 Å². The van der Waals surface area contributed by atoms with E-state index in [9.17, 15) is 23.6 Å². The van der Waals surface area contributed by atoms with Crippen LogP contribution in [0.1, 0.15) is 44.5 Å². The van der Waals surface area contributed by atoms with Gasteiger partial charge >= 0.3 is 0 Å². The summed E-state index contributed by atoms with van der Waals surface area (Å²) in [7, 11) is 0. The second-order valence-corrected chi connectivity index (χ2v) is 5.82. The first kappa shape index (κ1) is 10.5. The Morgan fingerprint density at radius 2 is 1.81 bits per heavy atom. The SMILES string of the molecule is [2H]C1([2H])NC([2H])([2H])C([2H])([2H])N(c2c(F)c(F)cc3c2C(=O)N(C2CCC(=O)NC2=O)C3=O)C1([2H])[2H]. The molecule has 2 N–H and O–H groups in total. The highest BCUT2D eigenvalue weighted by molar-refractivity contribution is 6.25. The molecule has 0 radical (unpaired) electrons. The van der Waals surface area contributed by atoms with Gasteiger partial charge in [-0.3, -0.25) is 29.4 Å². The molecule has 1 aromatic rings. The summed E-state index contributed by atoms with van der Waals surface area (Å²) in [6, 6.07) is -1.29. The lowest BCUT2D eigenvalue weighted by Crippen LogP contribution is -2.54. The zero-order valence-corrected chi connectivity index (χ0v) is 13.4. The van der Waals surface area contributed by atoms with Crippen LogP contribution in [-0.2, 0) is 9.59 Å². The van der Waals surface area contributed by atoms with Gasteiger partial charge in [-0.1, -0.05) is 0 Å². The largest absolute Gasteiger partial charge is 0.366 e. The molecule has 142 valence electrons. The lowest BCUT2D eigenvalue weighted by atomic mass is 10.0. The molecule has 2 saturated heterocycles. The Balaban J connectivity index is 1.97. The fraction of sp³-hybridized carbons (Fsp3) is 0.412. The summed E-state index contributed by atoms with van der Waals surface area (Å²) in [5.41, 5.74) is -3.49. The molecule has 0 aliphatic carbocycles. The second kappa shape index (κ2) is 6.38. The van der Waals surface area contributed by atoms with Gasteiger partial charge < -0.3 is 10.2 Å². The van der Waals surface area contributed by atoms with Crippen molar-refractivity contribution in [3.8, 4) is 0 Å². The molecule has 2 fully saturated rings. The van der Waals surface area contributed by atoms with Gasteiger partial charge in [0.1, 0.15) is 6.04 Å². The van der Waals surface area contributed by atoms with Crippen molar-refractivity contribution in [3.05, 3.63) is 28.8 Å². The van der Waals surface area contributed by atoms with E-state index in [4.69, 9.17) is 11.0 Å². The maximum absolute atomic E-state index is 15.2. The van der Waals surface area contributed by atoms with Gasteiger partial charge in [-0.05, 0) is 12.5 Å². The number of fused-ring (bicyclic) bond motifs is 1. The molecule has 3 heterocycles. The Morgan fingerprint density at radius 1 is 1.11 bits per heavy atom. The summed E-state index contributed by atoms with van der Waals surface area (Å²) >= 11 is 0. The quantitative estimate of drug-likeness (QED) is 0.682. The fourth-order valence-electron chi connectivity index (χ4n) is 3.10. The van der Waals surface area contributed by atoms with Crippen molar-refractivity contribution in [1.82, 2.24) is 15.5 Å². The van der Waals surface area contributed by atoms with Crippen LogP contribution in [0.25, 0.3) is 0 Å². The van der Waals surface area contributed by atoms with Crippen LogP contribution in [0.5, 0.6) is 0 Å². The molecule has 0 bridgehead atoms. The Hall–Kier alpha value is -2.88. The molecule has 0 spiro atoms. The standard InChI is InChI=1S/C17H16F2N4O4/c18-9-7-8-12(14(13(9)19)22-5-3-20-4-6-22)17(27)23(16(8)26)10-1-2-11(24)21-15(10)25/h7,10,20H,1-6H2,(H,21,24,25)/i3D2,4D2,5D2,6D2. The molecule has 1 unspecified atom stereocenters. The van der Waals surface area contributed by atoms with Crippen molar-refractivity contribution < 1.29 is 38.9 Å². The van der Waals surface area contributed by atoms with Crippen LogP contribution in [0.4, 0.5) is 14.5 Å². The van der Waals surface area contributed by atoms with Gasteiger partial charge in [-0.25, -0.2) is 8.78 Å². The fourth-order valence-corrected chi connectivity index (χ4v) is 3.10. The summed E-state index contributed by atoms with van der Waals surface area (Å²) in [4.78, 5) is 49.9. The average Bonchev–Trinajstić information content (AvgIpc) is 2.93. The summed E-state index contributed by atoms with van der Waals surface area (Å²) in [6.07, 6.45) is -0.598. The first-order chi connectivity index (χ1) is 15.9. The van der Waals surface area contributed by atoms with E-state index in [0.29, 0.717) is 4.90 Å². The first-order valence-corrected chi connectivity index (χ1v) is 7.70. The number of carbonyl (C=O) groups excluding carboxylic acids is 4. The van der Waals surface area contributed by atoms with Gasteiger partial charge in [0.2, 0.25) is 11.8 Å². The Bertz CT molecular complexity index is 1190. The number of piperazine rings is 1. The predicted molar refractivity (Wildman–Crippen MR) is 88.1 cm³/mol. The van der Waals surface area contributed by atoms with Gasteiger partial charge in [0, 0.05) is 37.9 Å². The second-order valence-electron chi connectivity index (χ2n) is 5.82. The number of imide groups is 2. The molecule has 4 amide bonds. The smallest absolute Gasteiger partial charge is 0.264 e. The molecule has 0 saturated carbocycles. The van der Waals surface area contributed by atoms with Crippen LogP contribution in [0.3, 0.4) is 0 Å². The van der Waals surface area contributed by atoms with Gasteiger partial charge in [0.15, 0.2) is 11.6 Å². The van der Waals surface area contributed by atoms with E-state index < -0.39 is 84.1 Å². The van der Waals surface area contributed by atoms with Gasteiger partial charge in [-0.15, -0.1) is 0 Å². The minimum atomic E-state index is -3.64. The molecule has 1 aromatic carbocycles. The third kappa shape index (κ3) is 2.67. The predicted octanol–water partition coefficient (Wildman–Crippen LogP) is -0.224. The van der Waals surface area contributed by atoms with Crippen molar-refractivity contribution in [2.45, 2.75) is 18.9 Å². The number of piperidine rings is 1. The Morgan fingerprint density at radius 3 is 2.48 bits per heavy atom. The van der Waals surface area contributed by atoms with Crippen LogP contribution in [0.2, 0.25) is 0 Å². The average molecular weight is 386 g/mol. The molecule has 3 aliphatic heterocycles. The lowest BCUT2D eigenvalue weighted by molar-refractivity contribution is -0.136. The number of halogens is 2. The highest BCUT2D eigenvalue weighted by atomic mass is 19.2. The maximum atomic E-state index is 15.2. The van der Waals surface area contributed by atoms with Gasteiger partial charge in [-0.2, -0.15) is 0 Å². The van der Waals surface area contributed by atoms with Crippen molar-refractivity contribution in [1.29, 1.82) is 0 Å². The number of rotatable bonds is 2. The number of amides is 4. The van der Waals surface area contributed by atoms with E-state index in [1.165, 1.54) is 5.32 Å². The number of nitrogens with zero attached hydrogens (tertiary/aromatic N) is 2. The highest BCUT2D eigenvalue weighted by Gasteiger charge is 2.47. The Kier molecular flexibility index (Phi) is 2.47. The number of anilines is 1. The third-order valence-electron chi connectivity index (χ3n) is 4.28. The summed E-state index contributed by atoms with van der Waals surface area (Å²) in [5, 5.41) is 3.43. The Labute approximate surface area is 163 Å². The number of carbonyl (C=O) groups is 4. The van der Waals surface area contributed by atoms with Crippen LogP contribution >= 0.6 is 0 Å². The normalized spacial score (nSPS) is 34.8. The van der Waals surface area contributed by atoms with E-state index in [2.05, 4.69) is 0 Å². The number of benzene rings is 1. The lowest BCUT2D eigenvalue weighted by Gasteiger charge is -2.31. The topological polar surface area (TPSA) is 98.8 Å². The molecule has 3 aliphatic rings. The summed E-state index contributed by atoms with van der Waals surface area (Å²) in [5.74, 6) is -8.40. The number of hydrogen-bond donors (Lipinski definition) is 2. The van der Waals surface area contributed by atoms with Crippen molar-refractivity contribution >= 4 is 29.3 Å². The molecule has 10 heteroatoms. The summed E-state index contributed by atoms with van der Waals surface area (Å²) in [6.45, 7) is -14.1. The first-order valence-electron chi connectivity index (χ1n) is 11.7. The molecule has 1 atom stereocenters. The maximum Gasteiger partial charge on any atom is 0.264 e. The minimum Gasteiger partial charge on any atom is -0.366 e. The molecule has 27 heavy (non-hydrogen) atoms. The number of hydrogen-bond acceptors (Lipinski definition) is 6. The molecule has 4 rings (SSSR count). The molecule has 8 nitrogen and oxygen atoms in total. The van der Waals surface area contributed by atoms with Crippen molar-refractivity contribution in [3.63, 3.8) is 0 Å². The van der Waals surface area contributed by atoms with Crippen molar-refractivity contribution in [2.75, 3.05) is 30.9 Å². The van der Waals surface area contributed by atoms with Crippen LogP contribution < -0.4 is 15.5 Å². The molecule has 0 aromatic heterocycles. The van der Waals surface area contributed by atoms with Crippen LogP contribution in [0, 0.1) is 11.6 Å². The van der Waals surface area contributed by atoms with E-state index in [1.54, 1.807) is 0 Å². The zero-order chi connectivity index (χ0) is 26.5. The third-order valence-corrected chi connectivity index (χ3v) is 4.28.